The average Bonchev–Trinajstić information content (AvgIpc) is 3.76. The molecule has 0 aliphatic heterocycles. The quantitative estimate of drug-likeness (QED) is 0.182. The lowest BCUT2D eigenvalue weighted by molar-refractivity contribution is 1.18. The topological polar surface area (TPSA) is 25.8 Å². The van der Waals surface area contributed by atoms with Crippen molar-refractivity contribution in [1.29, 1.82) is 0 Å². The molecule has 0 aliphatic rings. The number of aromatic nitrogens is 2. The van der Waals surface area contributed by atoms with Crippen LogP contribution in [0.25, 0.3) is 96.5 Å². The Morgan fingerprint density at radius 3 is 1.32 bits per heavy atom. The molecule has 0 spiro atoms. The van der Waals surface area contributed by atoms with Gasteiger partial charge < -0.3 is 0 Å². The van der Waals surface area contributed by atoms with Crippen LogP contribution < -0.4 is 0 Å². The summed E-state index contributed by atoms with van der Waals surface area (Å²) in [5.74, 6) is 0.716. The molecule has 10 aromatic rings. The van der Waals surface area contributed by atoms with Crippen molar-refractivity contribution in [3.63, 3.8) is 0 Å². The van der Waals surface area contributed by atoms with Crippen LogP contribution in [0.4, 0.5) is 0 Å². The number of benzene rings is 7. The lowest BCUT2D eigenvalue weighted by Crippen LogP contribution is -1.96. The molecule has 234 valence electrons. The lowest BCUT2D eigenvalue weighted by atomic mass is 9.99. The van der Waals surface area contributed by atoms with E-state index in [1.54, 1.807) is 0 Å². The van der Waals surface area contributed by atoms with Gasteiger partial charge in [-0.1, -0.05) is 133 Å². The van der Waals surface area contributed by atoms with Gasteiger partial charge in [0, 0.05) is 57.0 Å². The van der Waals surface area contributed by atoms with Crippen molar-refractivity contribution >= 4 is 63.0 Å². The molecule has 0 saturated heterocycles. The third-order valence-electron chi connectivity index (χ3n) is 9.52. The number of hydrogen-bond donors (Lipinski definition) is 0. The Morgan fingerprint density at radius 2 is 0.720 bits per heavy atom. The molecule has 0 aliphatic carbocycles. The molecule has 0 saturated carbocycles. The molecular weight excluding hydrogens is 645 g/mol. The van der Waals surface area contributed by atoms with E-state index in [2.05, 4.69) is 170 Å². The van der Waals surface area contributed by atoms with Gasteiger partial charge in [0.05, 0.1) is 11.4 Å². The van der Waals surface area contributed by atoms with Gasteiger partial charge in [-0.3, -0.25) is 0 Å². The fraction of sp³-hybridized carbons (Fsp3) is 0. The van der Waals surface area contributed by atoms with Crippen LogP contribution in [0.3, 0.4) is 0 Å². The number of nitrogens with zero attached hydrogens (tertiary/aromatic N) is 2. The summed E-state index contributed by atoms with van der Waals surface area (Å²) in [5.41, 5.74) is 9.71. The van der Waals surface area contributed by atoms with Gasteiger partial charge in [0.1, 0.15) is 0 Å². The highest BCUT2D eigenvalue weighted by molar-refractivity contribution is 7.26. The fourth-order valence-electron chi connectivity index (χ4n) is 6.97. The zero-order valence-electron chi connectivity index (χ0n) is 26.9. The van der Waals surface area contributed by atoms with Gasteiger partial charge in [0.15, 0.2) is 5.82 Å². The van der Waals surface area contributed by atoms with Crippen molar-refractivity contribution in [3.05, 3.63) is 170 Å². The Labute approximate surface area is 297 Å². The zero-order chi connectivity index (χ0) is 33.0. The first kappa shape index (κ1) is 29.0. The second-order valence-electron chi connectivity index (χ2n) is 12.6. The van der Waals surface area contributed by atoms with Crippen LogP contribution in [0.2, 0.25) is 0 Å². The van der Waals surface area contributed by atoms with Crippen LogP contribution >= 0.6 is 22.7 Å². The predicted octanol–water partition coefficient (Wildman–Crippen LogP) is 13.5. The normalized spacial score (nSPS) is 11.6. The Morgan fingerprint density at radius 1 is 0.280 bits per heavy atom. The highest BCUT2D eigenvalue weighted by atomic mass is 32.1. The summed E-state index contributed by atoms with van der Waals surface area (Å²) in [6.45, 7) is 0. The minimum absolute atomic E-state index is 0.716. The molecule has 0 atom stereocenters. The van der Waals surface area contributed by atoms with E-state index in [0.29, 0.717) is 5.82 Å². The van der Waals surface area contributed by atoms with Crippen LogP contribution in [0.1, 0.15) is 0 Å². The van der Waals surface area contributed by atoms with Crippen molar-refractivity contribution in [2.45, 2.75) is 0 Å². The maximum Gasteiger partial charge on any atom is 0.160 e. The summed E-state index contributed by atoms with van der Waals surface area (Å²) >= 11 is 3.66. The molecule has 3 heterocycles. The van der Waals surface area contributed by atoms with Crippen molar-refractivity contribution in [2.24, 2.45) is 0 Å². The molecule has 7 aromatic carbocycles. The molecule has 2 nitrogen and oxygen atoms in total. The molecule has 0 unspecified atom stereocenters. The zero-order valence-corrected chi connectivity index (χ0v) is 28.5. The summed E-state index contributed by atoms with van der Waals surface area (Å²) in [6, 6.07) is 60.8. The van der Waals surface area contributed by atoms with E-state index < -0.39 is 0 Å². The number of hydrogen-bond acceptors (Lipinski definition) is 4. The first-order valence-corrected chi connectivity index (χ1v) is 18.4. The van der Waals surface area contributed by atoms with Crippen molar-refractivity contribution < 1.29 is 0 Å². The summed E-state index contributed by atoms with van der Waals surface area (Å²) < 4.78 is 5.12. The molecule has 50 heavy (non-hydrogen) atoms. The van der Waals surface area contributed by atoms with E-state index in [1.165, 1.54) is 51.5 Å². The minimum atomic E-state index is 0.716. The van der Waals surface area contributed by atoms with Gasteiger partial charge in [-0.25, -0.2) is 9.97 Å². The second-order valence-corrected chi connectivity index (χ2v) is 14.8. The Kier molecular flexibility index (Phi) is 6.90. The van der Waals surface area contributed by atoms with Gasteiger partial charge in [0.25, 0.3) is 0 Å². The van der Waals surface area contributed by atoms with Crippen LogP contribution in [0.5, 0.6) is 0 Å². The van der Waals surface area contributed by atoms with Crippen LogP contribution in [0, 0.1) is 0 Å². The van der Waals surface area contributed by atoms with Crippen LogP contribution in [-0.2, 0) is 0 Å². The molecule has 4 heteroatoms. The van der Waals surface area contributed by atoms with Gasteiger partial charge in [0.2, 0.25) is 0 Å². The third kappa shape index (κ3) is 5.09. The van der Waals surface area contributed by atoms with Crippen molar-refractivity contribution in [1.82, 2.24) is 9.97 Å². The first-order chi connectivity index (χ1) is 24.7. The van der Waals surface area contributed by atoms with Crippen LogP contribution in [-0.4, -0.2) is 9.97 Å². The van der Waals surface area contributed by atoms with E-state index >= 15 is 0 Å². The van der Waals surface area contributed by atoms with E-state index in [1.807, 2.05) is 22.7 Å². The standard InChI is InChI=1S/C46H28N2S2/c1-2-9-29(10-3-1)30-17-19-31(20-18-30)32-11-8-12-35(25-32)46-47-40(33-21-23-38-36-13-4-6-15-42(36)49-44(38)26-33)28-41(48-46)34-22-24-39-37-14-5-7-16-43(37)50-45(39)27-34/h1-28H. The highest BCUT2D eigenvalue weighted by Crippen LogP contribution is 2.39. The summed E-state index contributed by atoms with van der Waals surface area (Å²) in [5, 5.41) is 5.16. The Bertz CT molecular complexity index is 2730. The molecule has 10 rings (SSSR count). The van der Waals surface area contributed by atoms with Gasteiger partial charge in [-0.15, -0.1) is 22.7 Å². The lowest BCUT2D eigenvalue weighted by Gasteiger charge is -2.11. The fourth-order valence-corrected chi connectivity index (χ4v) is 9.26. The van der Waals surface area contributed by atoms with E-state index in [-0.39, 0.29) is 0 Å². The van der Waals surface area contributed by atoms with Crippen molar-refractivity contribution in [3.8, 4) is 56.2 Å². The largest absolute Gasteiger partial charge is 0.228 e. The first-order valence-electron chi connectivity index (χ1n) is 16.7. The smallest absolute Gasteiger partial charge is 0.160 e. The monoisotopic (exact) mass is 672 g/mol. The van der Waals surface area contributed by atoms with Gasteiger partial charge >= 0.3 is 0 Å². The van der Waals surface area contributed by atoms with E-state index in [0.717, 1.165) is 39.2 Å². The minimum Gasteiger partial charge on any atom is -0.228 e. The Balaban J connectivity index is 1.11. The third-order valence-corrected chi connectivity index (χ3v) is 11.8. The molecular formula is C46H28N2S2. The summed E-state index contributed by atoms with van der Waals surface area (Å²) in [4.78, 5) is 10.5. The number of rotatable bonds is 5. The summed E-state index contributed by atoms with van der Waals surface area (Å²) in [6.07, 6.45) is 0. The van der Waals surface area contributed by atoms with E-state index in [4.69, 9.17) is 9.97 Å². The molecule has 0 fully saturated rings. The maximum atomic E-state index is 5.24. The Hall–Kier alpha value is -5.94. The number of fused-ring (bicyclic) bond motifs is 6. The van der Waals surface area contributed by atoms with Gasteiger partial charge in [-0.05, 0) is 58.7 Å². The molecule has 0 radical (unpaired) electrons. The SMILES string of the molecule is c1ccc(-c2ccc(-c3cccc(-c4nc(-c5ccc6c(c5)sc5ccccc56)cc(-c5ccc6c(c5)sc5ccccc56)n4)c3)cc2)cc1. The average molecular weight is 673 g/mol. The number of thiophene rings is 2. The van der Waals surface area contributed by atoms with Crippen LogP contribution in [0.15, 0.2) is 170 Å². The summed E-state index contributed by atoms with van der Waals surface area (Å²) in [7, 11) is 0. The molecule has 3 aromatic heterocycles. The van der Waals surface area contributed by atoms with Crippen molar-refractivity contribution in [2.75, 3.05) is 0 Å². The highest BCUT2D eigenvalue weighted by Gasteiger charge is 2.15. The molecule has 0 N–H and O–H groups in total. The van der Waals surface area contributed by atoms with Gasteiger partial charge in [-0.2, -0.15) is 0 Å². The molecule has 0 bridgehead atoms. The molecule has 0 amide bonds. The second kappa shape index (κ2) is 11.9. The van der Waals surface area contributed by atoms with E-state index in [9.17, 15) is 0 Å². The predicted molar refractivity (Wildman–Crippen MR) is 215 cm³/mol. The maximum absolute atomic E-state index is 5.24.